The zero-order valence-corrected chi connectivity index (χ0v) is 12.8. The molecule has 0 atom stereocenters. The van der Waals surface area contributed by atoms with E-state index in [-0.39, 0.29) is 16.3 Å². The molecule has 0 aliphatic rings. The number of hydrogen-bond donors (Lipinski definition) is 0. The molecule has 6 nitrogen and oxygen atoms in total. The summed E-state index contributed by atoms with van der Waals surface area (Å²) in [6.07, 6.45) is 0.961. The minimum atomic E-state index is -3.65. The van der Waals surface area contributed by atoms with Crippen molar-refractivity contribution < 1.29 is 13.1 Å². The van der Waals surface area contributed by atoms with Crippen molar-refractivity contribution in [2.75, 3.05) is 0 Å². The van der Waals surface area contributed by atoms with Gasteiger partial charge in [0.25, 0.3) is 0 Å². The first-order valence-corrected chi connectivity index (χ1v) is 8.50. The molecule has 0 bridgehead atoms. The summed E-state index contributed by atoms with van der Waals surface area (Å²) < 4.78 is 25.5. The smallest absolute Gasteiger partial charge is 0.317 e. The fourth-order valence-corrected chi connectivity index (χ4v) is 3.57. The second-order valence-electron chi connectivity index (χ2n) is 4.89. The Labute approximate surface area is 133 Å². The molecule has 0 amide bonds. The predicted octanol–water partition coefficient (Wildman–Crippen LogP) is 1.75. The average Bonchev–Trinajstić information content (AvgIpc) is 2.58. The molecule has 2 aromatic carbocycles. The van der Waals surface area contributed by atoms with Gasteiger partial charge in [0, 0.05) is 5.56 Å². The van der Waals surface area contributed by atoms with Gasteiger partial charge in [0.2, 0.25) is 0 Å². The Balaban J connectivity index is 2.08. The van der Waals surface area contributed by atoms with Crippen LogP contribution in [0.5, 0.6) is 0 Å². The molecular weight excluding hydrogens is 314 g/mol. The molecule has 0 N–H and O–H groups in total. The molecule has 3 aromatic rings. The number of aromatic nitrogens is 3. The van der Waals surface area contributed by atoms with Crippen molar-refractivity contribution >= 4 is 9.84 Å². The molecule has 0 radical (unpaired) electrons. The molecule has 23 heavy (non-hydrogen) atoms. The maximum absolute atomic E-state index is 12.5. The van der Waals surface area contributed by atoms with Crippen molar-refractivity contribution in [1.29, 1.82) is 0 Å². The van der Waals surface area contributed by atoms with E-state index in [4.69, 9.17) is 0 Å². The Morgan fingerprint density at radius 1 is 0.957 bits per heavy atom. The lowest BCUT2D eigenvalue weighted by Gasteiger charge is -2.11. The number of benzene rings is 2. The zero-order chi connectivity index (χ0) is 16.3. The molecule has 0 unspecified atom stereocenters. The SMILES string of the molecule is O=S(=O)(Cc1c(-c2ccccc2)nnc[n+]1[O-])c1ccccc1. The molecule has 1 heterocycles. The first kappa shape index (κ1) is 15.1. The summed E-state index contributed by atoms with van der Waals surface area (Å²) in [4.78, 5) is 0.163. The molecule has 0 saturated carbocycles. The lowest BCUT2D eigenvalue weighted by atomic mass is 10.1. The van der Waals surface area contributed by atoms with Crippen molar-refractivity contribution in [3.8, 4) is 11.3 Å². The molecule has 7 heteroatoms. The normalized spacial score (nSPS) is 11.3. The summed E-state index contributed by atoms with van der Waals surface area (Å²) in [5.74, 6) is -0.444. The molecule has 0 fully saturated rings. The predicted molar refractivity (Wildman–Crippen MR) is 83.8 cm³/mol. The van der Waals surface area contributed by atoms with Crippen molar-refractivity contribution in [3.05, 3.63) is 77.9 Å². The van der Waals surface area contributed by atoms with Crippen LogP contribution in [0.15, 0.2) is 71.9 Å². The maximum Gasteiger partial charge on any atom is 0.317 e. The summed E-state index contributed by atoms with van der Waals surface area (Å²) in [7, 11) is -3.65. The quantitative estimate of drug-likeness (QED) is 0.538. The molecule has 116 valence electrons. The third-order valence-electron chi connectivity index (χ3n) is 3.33. The molecule has 0 aliphatic heterocycles. The van der Waals surface area contributed by atoms with Crippen molar-refractivity contribution in [2.45, 2.75) is 10.6 Å². The number of hydrogen-bond acceptors (Lipinski definition) is 5. The minimum absolute atomic E-state index is 0.0510. The van der Waals surface area contributed by atoms with Crippen LogP contribution in [0.3, 0.4) is 0 Å². The summed E-state index contributed by atoms with van der Waals surface area (Å²) >= 11 is 0. The summed E-state index contributed by atoms with van der Waals surface area (Å²) in [6, 6.07) is 16.9. The van der Waals surface area contributed by atoms with Gasteiger partial charge in [0.1, 0.15) is 5.75 Å². The first-order valence-electron chi connectivity index (χ1n) is 6.85. The third kappa shape index (κ3) is 3.19. The molecular formula is C16H13N3O3S. The Hall–Kier alpha value is -2.80. The van der Waals surface area contributed by atoms with Crippen LogP contribution in [0.2, 0.25) is 0 Å². The van der Waals surface area contributed by atoms with Crippen LogP contribution in [-0.2, 0) is 15.6 Å². The largest absolute Gasteiger partial charge is 0.711 e. The fraction of sp³-hybridized carbons (Fsp3) is 0.0625. The molecule has 1 aromatic heterocycles. The second kappa shape index (κ2) is 6.13. The Kier molecular flexibility index (Phi) is 4.03. The highest BCUT2D eigenvalue weighted by Crippen LogP contribution is 2.22. The van der Waals surface area contributed by atoms with Crippen LogP contribution in [0, 0.1) is 5.21 Å². The van der Waals surface area contributed by atoms with Crippen molar-refractivity contribution in [1.82, 2.24) is 10.2 Å². The average molecular weight is 327 g/mol. The highest BCUT2D eigenvalue weighted by atomic mass is 32.2. The van der Waals surface area contributed by atoms with E-state index in [1.54, 1.807) is 42.5 Å². The highest BCUT2D eigenvalue weighted by molar-refractivity contribution is 7.90. The van der Waals surface area contributed by atoms with E-state index in [0.717, 1.165) is 6.33 Å². The van der Waals surface area contributed by atoms with Gasteiger partial charge in [-0.3, -0.25) is 0 Å². The van der Waals surface area contributed by atoms with Crippen LogP contribution in [0.4, 0.5) is 0 Å². The lowest BCUT2D eigenvalue weighted by molar-refractivity contribution is -0.616. The van der Waals surface area contributed by atoms with Gasteiger partial charge >= 0.3 is 6.33 Å². The van der Waals surface area contributed by atoms with E-state index in [1.807, 2.05) is 6.07 Å². The lowest BCUT2D eigenvalue weighted by Crippen LogP contribution is -2.35. The summed E-state index contributed by atoms with van der Waals surface area (Å²) in [5.41, 5.74) is 0.959. The zero-order valence-electron chi connectivity index (χ0n) is 12.0. The summed E-state index contributed by atoms with van der Waals surface area (Å²) in [6.45, 7) is 0. The van der Waals surface area contributed by atoms with E-state index < -0.39 is 15.6 Å². The van der Waals surface area contributed by atoms with E-state index in [0.29, 0.717) is 10.3 Å². The van der Waals surface area contributed by atoms with Gasteiger partial charge in [-0.15, -0.1) is 0 Å². The van der Waals surface area contributed by atoms with E-state index in [9.17, 15) is 13.6 Å². The van der Waals surface area contributed by atoms with Gasteiger partial charge in [-0.25, -0.2) is 13.1 Å². The van der Waals surface area contributed by atoms with Crippen LogP contribution in [0.1, 0.15) is 5.69 Å². The van der Waals surface area contributed by atoms with Gasteiger partial charge in [0.05, 0.1) is 9.99 Å². The van der Waals surface area contributed by atoms with E-state index >= 15 is 0 Å². The topological polar surface area (TPSA) is 86.9 Å². The molecule has 0 spiro atoms. The van der Waals surface area contributed by atoms with Crippen LogP contribution < -0.4 is 4.73 Å². The van der Waals surface area contributed by atoms with Gasteiger partial charge in [0.15, 0.2) is 21.2 Å². The monoisotopic (exact) mass is 327 g/mol. The van der Waals surface area contributed by atoms with Gasteiger partial charge in [-0.2, -0.15) is 0 Å². The fourth-order valence-electron chi connectivity index (χ4n) is 2.21. The van der Waals surface area contributed by atoms with Crippen molar-refractivity contribution in [3.63, 3.8) is 0 Å². The standard InChI is InChI=1S/C16H13N3O3S/c20-19-12-17-18-16(13-7-3-1-4-8-13)15(19)11-23(21,22)14-9-5-2-6-10-14/h1-10,12H,11H2. The minimum Gasteiger partial charge on any atom is -0.711 e. The number of sulfone groups is 1. The molecule has 3 rings (SSSR count). The van der Waals surface area contributed by atoms with E-state index in [1.165, 1.54) is 12.1 Å². The second-order valence-corrected chi connectivity index (χ2v) is 6.88. The van der Waals surface area contributed by atoms with Crippen LogP contribution in [-0.4, -0.2) is 18.6 Å². The molecule has 0 aliphatic carbocycles. The maximum atomic E-state index is 12.5. The number of nitrogens with zero attached hydrogens (tertiary/aromatic N) is 3. The first-order chi connectivity index (χ1) is 11.1. The van der Waals surface area contributed by atoms with Gasteiger partial charge in [-0.1, -0.05) is 48.5 Å². The summed E-state index contributed by atoms with van der Waals surface area (Å²) in [5, 5.41) is 19.7. The van der Waals surface area contributed by atoms with Gasteiger partial charge < -0.3 is 5.21 Å². The highest BCUT2D eigenvalue weighted by Gasteiger charge is 2.23. The number of rotatable bonds is 4. The van der Waals surface area contributed by atoms with E-state index in [2.05, 4.69) is 10.2 Å². The Morgan fingerprint density at radius 3 is 2.22 bits per heavy atom. The van der Waals surface area contributed by atoms with Crippen LogP contribution in [0.25, 0.3) is 11.3 Å². The Morgan fingerprint density at radius 2 is 1.57 bits per heavy atom. The Bertz CT molecular complexity index is 914. The third-order valence-corrected chi connectivity index (χ3v) is 4.97. The molecule has 0 saturated heterocycles. The van der Waals surface area contributed by atoms with Crippen LogP contribution >= 0.6 is 0 Å². The van der Waals surface area contributed by atoms with Gasteiger partial charge in [-0.05, 0) is 17.2 Å². The van der Waals surface area contributed by atoms with Crippen molar-refractivity contribution in [2.24, 2.45) is 0 Å².